The summed E-state index contributed by atoms with van der Waals surface area (Å²) in [6.07, 6.45) is 0.730. The molecule has 0 aliphatic carbocycles. The Morgan fingerprint density at radius 2 is 2.12 bits per heavy atom. The van der Waals surface area contributed by atoms with Crippen LogP contribution in [-0.2, 0) is 9.59 Å². The summed E-state index contributed by atoms with van der Waals surface area (Å²) in [6.45, 7) is 0.883. The molecule has 92 valence electrons. The molecule has 1 fully saturated rings. The summed E-state index contributed by atoms with van der Waals surface area (Å²) in [5, 5.41) is 15.5. The average Bonchev–Trinajstić information content (AvgIpc) is 2.82. The molecule has 1 saturated heterocycles. The first-order chi connectivity index (χ1) is 8.16. The standard InChI is InChI=1S/C11H14N2O3S/c14-9-1-4-13(5-2-9)11(16)10(15)12-8-3-6-17-7-8/h3,6-7,9,14H,1-2,4-5H2,(H,12,15). The van der Waals surface area contributed by atoms with Crippen molar-refractivity contribution < 1.29 is 14.7 Å². The van der Waals surface area contributed by atoms with Gasteiger partial charge in [-0.05, 0) is 24.3 Å². The highest BCUT2D eigenvalue weighted by Gasteiger charge is 2.26. The van der Waals surface area contributed by atoms with Crippen LogP contribution in [0.4, 0.5) is 5.69 Å². The highest BCUT2D eigenvalue weighted by molar-refractivity contribution is 7.08. The molecule has 1 aromatic heterocycles. The fourth-order valence-electron chi connectivity index (χ4n) is 1.73. The Balaban J connectivity index is 1.89. The van der Waals surface area contributed by atoms with E-state index in [2.05, 4.69) is 5.32 Å². The number of nitrogens with one attached hydrogen (secondary N) is 1. The molecule has 0 bridgehead atoms. The Labute approximate surface area is 103 Å². The Kier molecular flexibility index (Phi) is 3.75. The summed E-state index contributed by atoms with van der Waals surface area (Å²) in [4.78, 5) is 24.9. The van der Waals surface area contributed by atoms with Crippen molar-refractivity contribution >= 4 is 28.8 Å². The van der Waals surface area contributed by atoms with E-state index in [0.717, 1.165) is 0 Å². The maximum atomic E-state index is 11.8. The zero-order valence-corrected chi connectivity index (χ0v) is 10.1. The van der Waals surface area contributed by atoms with Crippen LogP contribution in [0, 0.1) is 0 Å². The number of piperidine rings is 1. The van der Waals surface area contributed by atoms with Gasteiger partial charge in [-0.1, -0.05) is 0 Å². The minimum Gasteiger partial charge on any atom is -0.393 e. The highest BCUT2D eigenvalue weighted by Crippen LogP contribution is 2.13. The van der Waals surface area contributed by atoms with Crippen LogP contribution >= 0.6 is 11.3 Å². The molecular formula is C11H14N2O3S. The van der Waals surface area contributed by atoms with Gasteiger partial charge in [-0.3, -0.25) is 9.59 Å². The molecule has 6 heteroatoms. The van der Waals surface area contributed by atoms with Crippen molar-refractivity contribution in [2.75, 3.05) is 18.4 Å². The average molecular weight is 254 g/mol. The number of hydrogen-bond donors (Lipinski definition) is 2. The number of carbonyl (C=O) groups excluding carboxylic acids is 2. The van der Waals surface area contributed by atoms with Gasteiger partial charge in [0.2, 0.25) is 0 Å². The fourth-order valence-corrected chi connectivity index (χ4v) is 2.32. The van der Waals surface area contributed by atoms with E-state index in [1.54, 1.807) is 11.4 Å². The molecular weight excluding hydrogens is 240 g/mol. The number of rotatable bonds is 1. The number of hydrogen-bond acceptors (Lipinski definition) is 4. The van der Waals surface area contributed by atoms with Crippen LogP contribution in [0.3, 0.4) is 0 Å². The van der Waals surface area contributed by atoms with Crippen molar-refractivity contribution in [1.82, 2.24) is 4.90 Å². The van der Waals surface area contributed by atoms with E-state index in [9.17, 15) is 14.7 Å². The SMILES string of the molecule is O=C(Nc1ccsc1)C(=O)N1CCC(O)CC1. The van der Waals surface area contributed by atoms with Crippen LogP contribution in [0.15, 0.2) is 16.8 Å². The molecule has 0 unspecified atom stereocenters. The second-order valence-corrected chi connectivity index (χ2v) is 4.77. The zero-order chi connectivity index (χ0) is 12.3. The Morgan fingerprint density at radius 1 is 1.41 bits per heavy atom. The van der Waals surface area contributed by atoms with Crippen molar-refractivity contribution in [3.8, 4) is 0 Å². The lowest BCUT2D eigenvalue weighted by molar-refractivity contribution is -0.144. The van der Waals surface area contributed by atoms with E-state index in [1.165, 1.54) is 16.2 Å². The number of amides is 2. The van der Waals surface area contributed by atoms with Crippen molar-refractivity contribution in [2.45, 2.75) is 18.9 Å². The lowest BCUT2D eigenvalue weighted by Gasteiger charge is -2.28. The van der Waals surface area contributed by atoms with E-state index < -0.39 is 11.8 Å². The second-order valence-electron chi connectivity index (χ2n) is 3.99. The monoisotopic (exact) mass is 254 g/mol. The minimum absolute atomic E-state index is 0.348. The highest BCUT2D eigenvalue weighted by atomic mass is 32.1. The lowest BCUT2D eigenvalue weighted by atomic mass is 10.1. The van der Waals surface area contributed by atoms with Crippen LogP contribution in [0.5, 0.6) is 0 Å². The summed E-state index contributed by atoms with van der Waals surface area (Å²) in [7, 11) is 0. The van der Waals surface area contributed by atoms with Gasteiger partial charge in [0.25, 0.3) is 0 Å². The van der Waals surface area contributed by atoms with Gasteiger partial charge in [0, 0.05) is 18.5 Å². The predicted molar refractivity (Wildman–Crippen MR) is 64.8 cm³/mol. The van der Waals surface area contributed by atoms with Crippen LogP contribution in [0.25, 0.3) is 0 Å². The molecule has 2 amide bonds. The maximum Gasteiger partial charge on any atom is 0.313 e. The quantitative estimate of drug-likeness (QED) is 0.724. The largest absolute Gasteiger partial charge is 0.393 e. The van der Waals surface area contributed by atoms with E-state index in [1.807, 2.05) is 5.38 Å². The second kappa shape index (κ2) is 5.29. The molecule has 17 heavy (non-hydrogen) atoms. The van der Waals surface area contributed by atoms with Gasteiger partial charge in [-0.25, -0.2) is 0 Å². The van der Waals surface area contributed by atoms with E-state index in [-0.39, 0.29) is 6.10 Å². The van der Waals surface area contributed by atoms with Crippen molar-refractivity contribution in [2.24, 2.45) is 0 Å². The first kappa shape index (κ1) is 12.1. The van der Waals surface area contributed by atoms with Gasteiger partial charge in [0.1, 0.15) is 0 Å². The Morgan fingerprint density at radius 3 is 2.71 bits per heavy atom. The van der Waals surface area contributed by atoms with Gasteiger partial charge in [-0.15, -0.1) is 0 Å². The number of thiophene rings is 1. The number of aliphatic hydroxyl groups is 1. The van der Waals surface area contributed by atoms with Crippen molar-refractivity contribution in [3.05, 3.63) is 16.8 Å². The first-order valence-electron chi connectivity index (χ1n) is 5.47. The molecule has 0 aromatic carbocycles. The van der Waals surface area contributed by atoms with E-state index >= 15 is 0 Å². The molecule has 0 radical (unpaired) electrons. The van der Waals surface area contributed by atoms with Gasteiger partial charge in [0.05, 0.1) is 11.8 Å². The summed E-state index contributed by atoms with van der Waals surface area (Å²) in [5.74, 6) is -1.14. The number of anilines is 1. The molecule has 1 aliphatic heterocycles. The smallest absolute Gasteiger partial charge is 0.313 e. The Hall–Kier alpha value is -1.40. The van der Waals surface area contributed by atoms with Crippen LogP contribution in [0.2, 0.25) is 0 Å². The van der Waals surface area contributed by atoms with E-state index in [0.29, 0.717) is 31.6 Å². The third-order valence-corrected chi connectivity index (χ3v) is 3.41. The lowest BCUT2D eigenvalue weighted by Crippen LogP contribution is -2.45. The molecule has 0 saturated carbocycles. The molecule has 2 heterocycles. The normalized spacial score (nSPS) is 16.9. The molecule has 1 aromatic rings. The minimum atomic E-state index is -0.611. The van der Waals surface area contributed by atoms with Crippen molar-refractivity contribution in [1.29, 1.82) is 0 Å². The van der Waals surface area contributed by atoms with Gasteiger partial charge >= 0.3 is 11.8 Å². The molecule has 0 atom stereocenters. The predicted octanol–water partition coefficient (Wildman–Crippen LogP) is 0.670. The topological polar surface area (TPSA) is 69.6 Å². The summed E-state index contributed by atoms with van der Waals surface area (Å²) < 4.78 is 0. The fraction of sp³-hybridized carbons (Fsp3) is 0.455. The molecule has 5 nitrogen and oxygen atoms in total. The van der Waals surface area contributed by atoms with Crippen LogP contribution in [-0.4, -0.2) is 41.0 Å². The summed E-state index contributed by atoms with van der Waals surface area (Å²) in [5.41, 5.74) is 0.644. The maximum absolute atomic E-state index is 11.8. The van der Waals surface area contributed by atoms with E-state index in [4.69, 9.17) is 0 Å². The number of nitrogens with zero attached hydrogens (tertiary/aromatic N) is 1. The van der Waals surface area contributed by atoms with Gasteiger partial charge in [-0.2, -0.15) is 11.3 Å². The van der Waals surface area contributed by atoms with Gasteiger partial charge in [0.15, 0.2) is 0 Å². The third kappa shape index (κ3) is 3.04. The van der Waals surface area contributed by atoms with Crippen molar-refractivity contribution in [3.63, 3.8) is 0 Å². The molecule has 2 N–H and O–H groups in total. The van der Waals surface area contributed by atoms with Crippen LogP contribution in [0.1, 0.15) is 12.8 Å². The van der Waals surface area contributed by atoms with Gasteiger partial charge < -0.3 is 15.3 Å². The molecule has 1 aliphatic rings. The summed E-state index contributed by atoms with van der Waals surface area (Å²) in [6, 6.07) is 1.75. The Bertz CT molecular complexity index is 397. The third-order valence-electron chi connectivity index (χ3n) is 2.72. The summed E-state index contributed by atoms with van der Waals surface area (Å²) >= 11 is 1.46. The van der Waals surface area contributed by atoms with Crippen LogP contribution < -0.4 is 5.32 Å². The number of carbonyl (C=O) groups is 2. The first-order valence-corrected chi connectivity index (χ1v) is 6.41. The number of likely N-dealkylation sites (tertiary alicyclic amines) is 1. The molecule has 2 rings (SSSR count). The zero-order valence-electron chi connectivity index (χ0n) is 9.26. The number of aliphatic hydroxyl groups excluding tert-OH is 1. The molecule has 0 spiro atoms.